The average Bonchev–Trinajstić information content (AvgIpc) is 2.77. The van der Waals surface area contributed by atoms with Gasteiger partial charge in [0.15, 0.2) is 0 Å². The number of rotatable bonds is 6. The molecule has 0 radical (unpaired) electrons. The Morgan fingerprint density at radius 2 is 2.31 bits per heavy atom. The molecule has 88 valence electrons. The number of carbonyl (C=O) groups is 2. The summed E-state index contributed by atoms with van der Waals surface area (Å²) in [5.41, 5.74) is 0. The van der Waals surface area contributed by atoms with Gasteiger partial charge in [-0.05, 0) is 19.1 Å². The third-order valence-electron chi connectivity index (χ3n) is 1.91. The van der Waals surface area contributed by atoms with Crippen LogP contribution in [0.15, 0.2) is 22.8 Å². The minimum Gasteiger partial charge on any atom is -0.469 e. The highest BCUT2D eigenvalue weighted by Gasteiger charge is 2.06. The number of amides is 1. The molecular weight excluding hydrogens is 210 g/mol. The van der Waals surface area contributed by atoms with Crippen LogP contribution in [-0.2, 0) is 20.7 Å². The Hall–Kier alpha value is -1.78. The molecule has 1 heterocycles. The largest absolute Gasteiger partial charge is 0.469 e. The molecule has 1 rings (SSSR count). The van der Waals surface area contributed by atoms with Crippen molar-refractivity contribution >= 4 is 11.9 Å². The fraction of sp³-hybridized carbons (Fsp3) is 0.455. The van der Waals surface area contributed by atoms with Crippen LogP contribution in [0.1, 0.15) is 19.1 Å². The highest BCUT2D eigenvalue weighted by atomic mass is 16.5. The molecular formula is C11H15NO4. The molecule has 1 aromatic heterocycles. The van der Waals surface area contributed by atoms with E-state index in [1.807, 2.05) is 0 Å². The summed E-state index contributed by atoms with van der Waals surface area (Å²) in [5, 5.41) is 2.47. The second-order valence-corrected chi connectivity index (χ2v) is 3.16. The fourth-order valence-corrected chi connectivity index (χ4v) is 1.16. The minimum atomic E-state index is -0.422. The fourth-order valence-electron chi connectivity index (χ4n) is 1.16. The van der Waals surface area contributed by atoms with E-state index in [0.29, 0.717) is 19.4 Å². The second-order valence-electron chi connectivity index (χ2n) is 3.16. The lowest BCUT2D eigenvalue weighted by atomic mass is 10.2. The van der Waals surface area contributed by atoms with Gasteiger partial charge in [-0.2, -0.15) is 0 Å². The van der Waals surface area contributed by atoms with Crippen LogP contribution in [0.25, 0.3) is 0 Å². The lowest BCUT2D eigenvalue weighted by Gasteiger charge is -2.03. The third kappa shape index (κ3) is 4.63. The number of nitrogens with one attached hydrogen (secondary N) is 1. The van der Waals surface area contributed by atoms with Crippen molar-refractivity contribution < 1.29 is 18.7 Å². The van der Waals surface area contributed by atoms with Crippen molar-refractivity contribution in [2.24, 2.45) is 0 Å². The van der Waals surface area contributed by atoms with Crippen LogP contribution in [0.5, 0.6) is 0 Å². The van der Waals surface area contributed by atoms with Crippen molar-refractivity contribution in [3.05, 3.63) is 24.2 Å². The van der Waals surface area contributed by atoms with Crippen LogP contribution in [0.2, 0.25) is 0 Å². The van der Waals surface area contributed by atoms with Gasteiger partial charge in [0, 0.05) is 12.8 Å². The van der Waals surface area contributed by atoms with E-state index in [-0.39, 0.29) is 12.5 Å². The zero-order valence-electron chi connectivity index (χ0n) is 9.19. The number of hydrogen-bond acceptors (Lipinski definition) is 4. The van der Waals surface area contributed by atoms with Gasteiger partial charge in [0.2, 0.25) is 5.91 Å². The maximum atomic E-state index is 11.3. The summed E-state index contributed by atoms with van der Waals surface area (Å²) in [6, 6.07) is 3.57. The molecule has 0 spiro atoms. The van der Waals surface area contributed by atoms with Gasteiger partial charge in [-0.15, -0.1) is 0 Å². The molecule has 5 heteroatoms. The molecule has 0 aromatic carbocycles. The van der Waals surface area contributed by atoms with Crippen LogP contribution in [0, 0.1) is 0 Å². The summed E-state index contributed by atoms with van der Waals surface area (Å²) in [6.45, 7) is 1.96. The summed E-state index contributed by atoms with van der Waals surface area (Å²) in [6.07, 6.45) is 2.39. The average molecular weight is 225 g/mol. The Morgan fingerprint density at radius 1 is 1.50 bits per heavy atom. The summed E-state index contributed by atoms with van der Waals surface area (Å²) in [4.78, 5) is 22.2. The maximum Gasteiger partial charge on any atom is 0.325 e. The molecule has 1 aromatic rings. The zero-order valence-corrected chi connectivity index (χ0v) is 9.19. The summed E-state index contributed by atoms with van der Waals surface area (Å²) < 4.78 is 9.75. The van der Waals surface area contributed by atoms with Gasteiger partial charge in [0.25, 0.3) is 0 Å². The number of esters is 1. The predicted octanol–water partition coefficient (Wildman–Crippen LogP) is 0.891. The van der Waals surface area contributed by atoms with Crippen LogP contribution < -0.4 is 5.32 Å². The number of ether oxygens (including phenoxy) is 1. The molecule has 0 saturated carbocycles. The van der Waals surface area contributed by atoms with Crippen molar-refractivity contribution in [1.82, 2.24) is 5.32 Å². The van der Waals surface area contributed by atoms with E-state index in [9.17, 15) is 9.59 Å². The van der Waals surface area contributed by atoms with E-state index in [0.717, 1.165) is 5.76 Å². The van der Waals surface area contributed by atoms with Crippen molar-refractivity contribution in [2.75, 3.05) is 13.2 Å². The molecule has 0 bridgehead atoms. The van der Waals surface area contributed by atoms with Crippen molar-refractivity contribution in [2.45, 2.75) is 19.8 Å². The monoisotopic (exact) mass is 225 g/mol. The van der Waals surface area contributed by atoms with Crippen molar-refractivity contribution in [3.63, 3.8) is 0 Å². The molecule has 0 aliphatic rings. The topological polar surface area (TPSA) is 68.5 Å². The Bertz CT molecular complexity index is 332. The molecule has 0 saturated heterocycles. The predicted molar refractivity (Wildman–Crippen MR) is 56.7 cm³/mol. The molecule has 0 fully saturated rings. The van der Waals surface area contributed by atoms with E-state index < -0.39 is 5.97 Å². The lowest BCUT2D eigenvalue weighted by Crippen LogP contribution is -2.30. The summed E-state index contributed by atoms with van der Waals surface area (Å²) in [5.74, 6) is 0.143. The van der Waals surface area contributed by atoms with Gasteiger partial charge in [0.05, 0.1) is 12.9 Å². The van der Waals surface area contributed by atoms with Gasteiger partial charge in [0.1, 0.15) is 12.3 Å². The van der Waals surface area contributed by atoms with Crippen LogP contribution in [0.3, 0.4) is 0 Å². The number of hydrogen-bond donors (Lipinski definition) is 1. The van der Waals surface area contributed by atoms with Gasteiger partial charge in [-0.25, -0.2) is 0 Å². The molecule has 5 nitrogen and oxygen atoms in total. The number of furan rings is 1. The maximum absolute atomic E-state index is 11.3. The van der Waals surface area contributed by atoms with Crippen LogP contribution in [0.4, 0.5) is 0 Å². The normalized spacial score (nSPS) is 9.81. The SMILES string of the molecule is CCOC(=O)CNC(=O)CCc1ccco1. The highest BCUT2D eigenvalue weighted by Crippen LogP contribution is 2.02. The van der Waals surface area contributed by atoms with E-state index in [4.69, 9.17) is 4.42 Å². The number of aryl methyl sites for hydroxylation is 1. The van der Waals surface area contributed by atoms with E-state index in [1.165, 1.54) is 0 Å². The standard InChI is InChI=1S/C11H15NO4/c1-2-15-11(14)8-12-10(13)6-5-9-4-3-7-16-9/h3-4,7H,2,5-6,8H2,1H3,(H,12,13). The summed E-state index contributed by atoms with van der Waals surface area (Å²) in [7, 11) is 0. The van der Waals surface area contributed by atoms with Gasteiger partial charge in [-0.1, -0.05) is 0 Å². The molecule has 0 unspecified atom stereocenters. The number of carbonyl (C=O) groups excluding carboxylic acids is 2. The molecule has 1 amide bonds. The second kappa shape index (κ2) is 6.66. The Kier molecular flexibility index (Phi) is 5.11. The van der Waals surface area contributed by atoms with Crippen LogP contribution >= 0.6 is 0 Å². The van der Waals surface area contributed by atoms with E-state index in [2.05, 4.69) is 10.1 Å². The molecule has 0 atom stereocenters. The smallest absolute Gasteiger partial charge is 0.325 e. The molecule has 1 N–H and O–H groups in total. The van der Waals surface area contributed by atoms with E-state index >= 15 is 0 Å². The Balaban J connectivity index is 2.14. The van der Waals surface area contributed by atoms with Crippen molar-refractivity contribution in [1.29, 1.82) is 0 Å². The Labute approximate surface area is 93.8 Å². The van der Waals surface area contributed by atoms with Gasteiger partial charge in [-0.3, -0.25) is 9.59 Å². The first-order chi connectivity index (χ1) is 7.72. The summed E-state index contributed by atoms with van der Waals surface area (Å²) >= 11 is 0. The Morgan fingerprint density at radius 3 is 2.94 bits per heavy atom. The highest BCUT2D eigenvalue weighted by molar-refractivity contribution is 5.81. The zero-order chi connectivity index (χ0) is 11.8. The first kappa shape index (κ1) is 12.3. The minimum absolute atomic E-state index is 0.0785. The molecule has 0 aliphatic carbocycles. The van der Waals surface area contributed by atoms with Crippen molar-refractivity contribution in [3.8, 4) is 0 Å². The van der Waals surface area contributed by atoms with Crippen LogP contribution in [-0.4, -0.2) is 25.0 Å². The third-order valence-corrected chi connectivity index (χ3v) is 1.91. The van der Waals surface area contributed by atoms with E-state index in [1.54, 1.807) is 25.3 Å². The first-order valence-corrected chi connectivity index (χ1v) is 5.17. The first-order valence-electron chi connectivity index (χ1n) is 5.17. The van der Waals surface area contributed by atoms with Gasteiger partial charge >= 0.3 is 5.97 Å². The molecule has 16 heavy (non-hydrogen) atoms. The lowest BCUT2D eigenvalue weighted by molar-refractivity contribution is -0.143. The quantitative estimate of drug-likeness (QED) is 0.730. The van der Waals surface area contributed by atoms with Gasteiger partial charge < -0.3 is 14.5 Å². The molecule has 0 aliphatic heterocycles.